The van der Waals surface area contributed by atoms with Crippen molar-refractivity contribution in [2.75, 3.05) is 0 Å². The number of imidazole rings is 1. The average molecular weight is 444 g/mol. The summed E-state index contributed by atoms with van der Waals surface area (Å²) in [5.74, 6) is 0.817. The lowest BCUT2D eigenvalue weighted by Gasteiger charge is -2.11. The third kappa shape index (κ3) is 3.36. The van der Waals surface area contributed by atoms with Crippen molar-refractivity contribution in [1.29, 1.82) is 0 Å². The van der Waals surface area contributed by atoms with Crippen LogP contribution in [0.5, 0.6) is 0 Å². The Morgan fingerprint density at radius 1 is 1.00 bits per heavy atom. The van der Waals surface area contributed by atoms with Gasteiger partial charge in [0.25, 0.3) is 5.56 Å². The molecule has 0 bridgehead atoms. The van der Waals surface area contributed by atoms with Gasteiger partial charge in [-0.3, -0.25) is 23.6 Å². The highest BCUT2D eigenvalue weighted by atomic mass is 16.2. The first-order valence-corrected chi connectivity index (χ1v) is 10.9. The molecule has 0 aliphatic heterocycles. The molecule has 0 amide bonds. The summed E-state index contributed by atoms with van der Waals surface area (Å²) in [6.07, 6.45) is 5.29. The first kappa shape index (κ1) is 20.9. The third-order valence-corrected chi connectivity index (χ3v) is 5.87. The van der Waals surface area contributed by atoms with Gasteiger partial charge < -0.3 is 4.57 Å². The zero-order chi connectivity index (χ0) is 23.3. The molecule has 0 aliphatic rings. The Labute approximate surface area is 189 Å². The number of para-hydroxylation sites is 1. The molecule has 5 aromatic rings. The summed E-state index contributed by atoms with van der Waals surface area (Å²) in [6, 6.07) is 9.87. The molecule has 0 radical (unpaired) electrons. The van der Waals surface area contributed by atoms with Gasteiger partial charge in [0.05, 0.1) is 12.1 Å². The molecular formula is C24H25N7O2. The predicted molar refractivity (Wildman–Crippen MR) is 127 cm³/mol. The van der Waals surface area contributed by atoms with E-state index in [-0.39, 0.29) is 17.2 Å². The van der Waals surface area contributed by atoms with Crippen molar-refractivity contribution in [3.8, 4) is 11.5 Å². The summed E-state index contributed by atoms with van der Waals surface area (Å²) in [5, 5.41) is 6.23. The average Bonchev–Trinajstić information content (AvgIpc) is 3.38. The van der Waals surface area contributed by atoms with Crippen molar-refractivity contribution < 1.29 is 0 Å². The lowest BCUT2D eigenvalue weighted by atomic mass is 10.1. The number of aryl methyl sites for hydroxylation is 1. The van der Waals surface area contributed by atoms with Crippen LogP contribution in [0.25, 0.3) is 33.5 Å². The fraction of sp³-hybridized carbons (Fsp3) is 0.292. The van der Waals surface area contributed by atoms with Crippen LogP contribution in [0, 0.1) is 5.92 Å². The zero-order valence-corrected chi connectivity index (χ0v) is 19.1. The Morgan fingerprint density at radius 2 is 1.79 bits per heavy atom. The van der Waals surface area contributed by atoms with Crippen molar-refractivity contribution in [3.63, 3.8) is 0 Å². The van der Waals surface area contributed by atoms with E-state index in [4.69, 9.17) is 5.10 Å². The summed E-state index contributed by atoms with van der Waals surface area (Å²) in [6.45, 7) is 4.92. The number of fused-ring (bicyclic) bond motifs is 2. The number of hydrogen-bond donors (Lipinski definition) is 0. The smallest absolute Gasteiger partial charge is 0.332 e. The Kier molecular flexibility index (Phi) is 4.96. The van der Waals surface area contributed by atoms with E-state index >= 15 is 0 Å². The zero-order valence-electron chi connectivity index (χ0n) is 19.1. The molecule has 0 saturated heterocycles. The van der Waals surface area contributed by atoms with E-state index in [1.54, 1.807) is 21.6 Å². The number of rotatable bonds is 5. The van der Waals surface area contributed by atoms with E-state index in [1.807, 2.05) is 62.0 Å². The monoisotopic (exact) mass is 443 g/mol. The van der Waals surface area contributed by atoms with Crippen molar-refractivity contribution in [2.24, 2.45) is 20.0 Å². The van der Waals surface area contributed by atoms with Crippen molar-refractivity contribution in [2.45, 2.75) is 26.9 Å². The molecule has 0 spiro atoms. The van der Waals surface area contributed by atoms with E-state index in [9.17, 15) is 9.59 Å². The molecule has 0 N–H and O–H groups in total. The van der Waals surface area contributed by atoms with Gasteiger partial charge in [0.1, 0.15) is 11.1 Å². The van der Waals surface area contributed by atoms with Crippen molar-refractivity contribution in [1.82, 2.24) is 33.4 Å². The second kappa shape index (κ2) is 7.84. The van der Waals surface area contributed by atoms with E-state index in [2.05, 4.69) is 9.97 Å². The normalized spacial score (nSPS) is 11.8. The minimum atomic E-state index is -0.376. The maximum absolute atomic E-state index is 13.3. The van der Waals surface area contributed by atoms with Gasteiger partial charge in [0.15, 0.2) is 11.5 Å². The first-order chi connectivity index (χ1) is 15.9. The maximum atomic E-state index is 13.3. The summed E-state index contributed by atoms with van der Waals surface area (Å²) in [7, 11) is 3.39. The van der Waals surface area contributed by atoms with Crippen LogP contribution in [0.15, 0.2) is 58.5 Å². The van der Waals surface area contributed by atoms with Gasteiger partial charge in [-0.1, -0.05) is 32.0 Å². The number of aromatic nitrogens is 7. The topological polar surface area (TPSA) is 92.5 Å². The van der Waals surface area contributed by atoms with E-state index < -0.39 is 0 Å². The molecule has 4 heterocycles. The van der Waals surface area contributed by atoms with Gasteiger partial charge in [0.2, 0.25) is 0 Å². The van der Waals surface area contributed by atoms with Crippen LogP contribution in [0.4, 0.5) is 0 Å². The summed E-state index contributed by atoms with van der Waals surface area (Å²) < 4.78 is 6.39. The van der Waals surface area contributed by atoms with Crippen molar-refractivity contribution >= 4 is 21.9 Å². The molecule has 33 heavy (non-hydrogen) atoms. The largest absolute Gasteiger partial charge is 0.333 e. The van der Waals surface area contributed by atoms with Crippen LogP contribution < -0.4 is 11.2 Å². The Bertz CT molecular complexity index is 1610. The number of nitrogens with zero attached hydrogens (tertiary/aromatic N) is 7. The predicted octanol–water partition coefficient (Wildman–Crippen LogP) is 2.55. The quantitative estimate of drug-likeness (QED) is 0.416. The molecule has 0 saturated carbocycles. The molecule has 1 aromatic carbocycles. The van der Waals surface area contributed by atoms with Gasteiger partial charge in [-0.15, -0.1) is 0 Å². The van der Waals surface area contributed by atoms with Crippen LogP contribution in [0.1, 0.15) is 19.4 Å². The fourth-order valence-electron chi connectivity index (χ4n) is 4.28. The van der Waals surface area contributed by atoms with Crippen molar-refractivity contribution in [3.05, 3.63) is 75.3 Å². The second-order valence-corrected chi connectivity index (χ2v) is 8.71. The van der Waals surface area contributed by atoms with Gasteiger partial charge in [-0.05, 0) is 23.6 Å². The van der Waals surface area contributed by atoms with Crippen LogP contribution in [0.3, 0.4) is 0 Å². The lowest BCUT2D eigenvalue weighted by Crippen LogP contribution is -2.38. The molecule has 4 aromatic heterocycles. The molecule has 9 heteroatoms. The molecule has 0 aliphatic carbocycles. The molecule has 0 unspecified atom stereocenters. The minimum absolute atomic E-state index is 0.203. The summed E-state index contributed by atoms with van der Waals surface area (Å²) in [4.78, 5) is 35.3. The van der Waals surface area contributed by atoms with Crippen LogP contribution >= 0.6 is 0 Å². The second-order valence-electron chi connectivity index (χ2n) is 8.71. The van der Waals surface area contributed by atoms with Gasteiger partial charge in [-0.2, -0.15) is 5.10 Å². The maximum Gasteiger partial charge on any atom is 0.332 e. The third-order valence-electron chi connectivity index (χ3n) is 5.87. The number of benzene rings is 1. The van der Waals surface area contributed by atoms with Crippen LogP contribution in [-0.2, 0) is 27.2 Å². The molecule has 0 fully saturated rings. The van der Waals surface area contributed by atoms with E-state index in [1.165, 1.54) is 7.05 Å². The lowest BCUT2D eigenvalue weighted by molar-refractivity contribution is 0.498. The molecule has 5 rings (SSSR count). The molecule has 9 nitrogen and oxygen atoms in total. The SMILES string of the molecule is CC(C)Cn1c(=O)n(C)c(=O)c2c(-c3nccn3C)n(Cc3ccnc4ccccc34)nc21. The first-order valence-electron chi connectivity index (χ1n) is 10.9. The minimum Gasteiger partial charge on any atom is -0.333 e. The van der Waals surface area contributed by atoms with Gasteiger partial charge in [0, 0.05) is 44.6 Å². The van der Waals surface area contributed by atoms with E-state index in [0.717, 1.165) is 21.0 Å². The standard InChI is InChI=1S/C24H25N7O2/c1-15(2)13-30-21-19(23(32)29(4)24(30)33)20(22-26-11-12-28(22)3)31(27-21)14-16-9-10-25-18-8-6-5-7-17(16)18/h5-12,15H,13-14H2,1-4H3. The molecule has 168 valence electrons. The summed E-state index contributed by atoms with van der Waals surface area (Å²) >= 11 is 0. The van der Waals surface area contributed by atoms with E-state index in [0.29, 0.717) is 35.6 Å². The number of pyridine rings is 1. The van der Waals surface area contributed by atoms with Gasteiger partial charge in [-0.25, -0.2) is 9.78 Å². The Balaban J connectivity index is 1.85. The van der Waals surface area contributed by atoms with Crippen LogP contribution in [0.2, 0.25) is 0 Å². The number of hydrogen-bond acceptors (Lipinski definition) is 5. The highest BCUT2D eigenvalue weighted by molar-refractivity contribution is 5.89. The molecule has 0 atom stereocenters. The van der Waals surface area contributed by atoms with Gasteiger partial charge >= 0.3 is 5.69 Å². The summed E-state index contributed by atoms with van der Waals surface area (Å²) in [5.41, 5.74) is 2.13. The Morgan fingerprint density at radius 3 is 2.52 bits per heavy atom. The fourth-order valence-corrected chi connectivity index (χ4v) is 4.28. The molecular weight excluding hydrogens is 418 g/mol. The highest BCUT2D eigenvalue weighted by Crippen LogP contribution is 2.27. The van der Waals surface area contributed by atoms with Crippen LogP contribution in [-0.4, -0.2) is 33.4 Å². The highest BCUT2D eigenvalue weighted by Gasteiger charge is 2.25. The Hall–Kier alpha value is -4.01.